The average Bonchev–Trinajstić information content (AvgIpc) is 3.25. The molecule has 1 atom stereocenters. The summed E-state index contributed by atoms with van der Waals surface area (Å²) in [5, 5.41) is 2.86. The van der Waals surface area contributed by atoms with Gasteiger partial charge in [-0.1, -0.05) is 54.1 Å². The Labute approximate surface area is 227 Å². The minimum absolute atomic E-state index is 0.0755. The van der Waals surface area contributed by atoms with Gasteiger partial charge in [0.05, 0.1) is 15.9 Å². The number of benzene rings is 4. The lowest BCUT2D eigenvalue weighted by Gasteiger charge is -2.26. The average molecular weight is 616 g/mol. The summed E-state index contributed by atoms with van der Waals surface area (Å²) in [5.74, 6) is 1.90. The number of anilines is 1. The highest BCUT2D eigenvalue weighted by molar-refractivity contribution is 14.1. The third-order valence-electron chi connectivity index (χ3n) is 5.84. The molecule has 0 aromatic heterocycles. The summed E-state index contributed by atoms with van der Waals surface area (Å²) in [5.41, 5.74) is 2.95. The molecule has 4 nitrogen and oxygen atoms in total. The molecule has 4 aromatic rings. The van der Waals surface area contributed by atoms with Gasteiger partial charge in [-0.05, 0) is 87.8 Å². The molecule has 0 bridgehead atoms. The molecule has 178 valence electrons. The molecule has 0 aliphatic carbocycles. The maximum Gasteiger partial charge on any atom is 0.238 e. The molecule has 35 heavy (non-hydrogen) atoms. The molecule has 1 amide bonds. The predicted molar refractivity (Wildman–Crippen MR) is 153 cm³/mol. The smallest absolute Gasteiger partial charge is 0.238 e. The van der Waals surface area contributed by atoms with Crippen molar-refractivity contribution in [3.05, 3.63) is 98.6 Å². The van der Waals surface area contributed by atoms with Crippen molar-refractivity contribution in [1.82, 2.24) is 0 Å². The molecule has 7 heteroatoms. The van der Waals surface area contributed by atoms with Gasteiger partial charge in [0, 0.05) is 10.7 Å². The summed E-state index contributed by atoms with van der Waals surface area (Å²) in [4.78, 5) is 14.6. The largest absolute Gasteiger partial charge is 0.490 e. The van der Waals surface area contributed by atoms with Crippen LogP contribution in [-0.2, 0) is 11.4 Å². The zero-order chi connectivity index (χ0) is 24.4. The highest BCUT2D eigenvalue weighted by Gasteiger charge is 2.35. The molecule has 0 N–H and O–H groups in total. The first-order chi connectivity index (χ1) is 17.0. The first kappa shape index (κ1) is 24.3. The highest BCUT2D eigenvalue weighted by atomic mass is 127. The van der Waals surface area contributed by atoms with E-state index in [2.05, 4.69) is 59.0 Å². The molecule has 0 saturated carbocycles. The third kappa shape index (κ3) is 5.10. The van der Waals surface area contributed by atoms with Gasteiger partial charge in [0.2, 0.25) is 5.91 Å². The van der Waals surface area contributed by atoms with Crippen LogP contribution in [0.2, 0.25) is 5.02 Å². The van der Waals surface area contributed by atoms with Crippen LogP contribution >= 0.6 is 46.0 Å². The van der Waals surface area contributed by atoms with Crippen LogP contribution in [0.1, 0.15) is 23.4 Å². The van der Waals surface area contributed by atoms with Crippen LogP contribution in [0.15, 0.2) is 78.9 Å². The highest BCUT2D eigenvalue weighted by Crippen LogP contribution is 2.45. The summed E-state index contributed by atoms with van der Waals surface area (Å²) >= 11 is 9.97. The zero-order valence-electron chi connectivity index (χ0n) is 19.0. The fourth-order valence-electron chi connectivity index (χ4n) is 4.25. The van der Waals surface area contributed by atoms with Gasteiger partial charge < -0.3 is 9.47 Å². The van der Waals surface area contributed by atoms with E-state index in [0.717, 1.165) is 26.1 Å². The van der Waals surface area contributed by atoms with Crippen LogP contribution in [-0.4, -0.2) is 18.3 Å². The summed E-state index contributed by atoms with van der Waals surface area (Å²) < 4.78 is 13.3. The predicted octanol–water partition coefficient (Wildman–Crippen LogP) is 7.85. The van der Waals surface area contributed by atoms with E-state index in [-0.39, 0.29) is 11.3 Å². The number of fused-ring (bicyclic) bond motifs is 1. The van der Waals surface area contributed by atoms with Crippen LogP contribution < -0.4 is 14.4 Å². The van der Waals surface area contributed by atoms with Crippen LogP contribution in [0.5, 0.6) is 11.5 Å². The second-order valence-corrected chi connectivity index (χ2v) is 10.8. The molecular formula is C28H23ClINO3S. The first-order valence-corrected chi connectivity index (χ1v) is 13.8. The number of hydrogen-bond acceptors (Lipinski definition) is 4. The van der Waals surface area contributed by atoms with E-state index in [1.807, 2.05) is 54.3 Å². The molecular weight excluding hydrogens is 593 g/mol. The van der Waals surface area contributed by atoms with Crippen molar-refractivity contribution < 1.29 is 14.3 Å². The molecule has 1 fully saturated rings. The van der Waals surface area contributed by atoms with Crippen LogP contribution in [0, 0.1) is 3.57 Å². The van der Waals surface area contributed by atoms with Crippen molar-refractivity contribution in [2.24, 2.45) is 0 Å². The number of ether oxygens (including phenoxy) is 2. The number of nitrogens with zero attached hydrogens (tertiary/aromatic N) is 1. The Bertz CT molecular complexity index is 1370. The number of carbonyl (C=O) groups is 1. The summed E-state index contributed by atoms with van der Waals surface area (Å²) in [6.07, 6.45) is 0. The summed E-state index contributed by atoms with van der Waals surface area (Å²) in [6.45, 7) is 2.91. The lowest BCUT2D eigenvalue weighted by Crippen LogP contribution is -2.27. The van der Waals surface area contributed by atoms with Gasteiger partial charge in [0.1, 0.15) is 12.0 Å². The number of thioether (sulfide) groups is 1. The van der Waals surface area contributed by atoms with E-state index in [4.69, 9.17) is 21.1 Å². The van der Waals surface area contributed by atoms with Gasteiger partial charge >= 0.3 is 0 Å². The van der Waals surface area contributed by atoms with E-state index >= 15 is 0 Å². The normalized spacial score (nSPS) is 15.6. The fourth-order valence-corrected chi connectivity index (χ4v) is 6.32. The van der Waals surface area contributed by atoms with Gasteiger partial charge in [0.15, 0.2) is 11.5 Å². The van der Waals surface area contributed by atoms with Crippen LogP contribution in [0.3, 0.4) is 0 Å². The standard InChI is InChI=1S/C28H23ClINO3S/c1-2-33-25-15-20(28-31(26(32)17-35-28)22-12-10-21(29)11-13-22)14-24(30)27(25)34-16-19-8-5-7-18-6-3-4-9-23(18)19/h3-15,28H,2,16-17H2,1H3/t28-/m0/s1. The van der Waals surface area contributed by atoms with Gasteiger partial charge in [0.25, 0.3) is 0 Å². The first-order valence-electron chi connectivity index (χ1n) is 11.3. The monoisotopic (exact) mass is 615 g/mol. The van der Waals surface area contributed by atoms with Crippen molar-refractivity contribution in [2.75, 3.05) is 17.3 Å². The number of halogens is 2. The number of hydrogen-bond donors (Lipinski definition) is 0. The van der Waals surface area contributed by atoms with Crippen molar-refractivity contribution in [2.45, 2.75) is 18.9 Å². The molecule has 0 spiro atoms. The summed E-state index contributed by atoms with van der Waals surface area (Å²) in [6, 6.07) is 26.0. The van der Waals surface area contributed by atoms with Crippen LogP contribution in [0.4, 0.5) is 5.69 Å². The van der Waals surface area contributed by atoms with Gasteiger partial charge in [-0.2, -0.15) is 0 Å². The zero-order valence-corrected chi connectivity index (χ0v) is 22.8. The second kappa shape index (κ2) is 10.7. The Balaban J connectivity index is 1.46. The van der Waals surface area contributed by atoms with Crippen LogP contribution in [0.25, 0.3) is 10.8 Å². The van der Waals surface area contributed by atoms with E-state index in [1.54, 1.807) is 11.8 Å². The Hall–Kier alpha value is -2.42. The van der Waals surface area contributed by atoms with E-state index in [1.165, 1.54) is 10.8 Å². The maximum absolute atomic E-state index is 12.8. The maximum atomic E-state index is 12.8. The molecule has 0 unspecified atom stereocenters. The quantitative estimate of drug-likeness (QED) is 0.199. The molecule has 1 aliphatic heterocycles. The van der Waals surface area contributed by atoms with Crippen molar-refractivity contribution in [3.63, 3.8) is 0 Å². The minimum atomic E-state index is -0.150. The fraction of sp³-hybridized carbons (Fsp3) is 0.179. The van der Waals surface area contributed by atoms with Crippen molar-refractivity contribution >= 4 is 68.3 Å². The Morgan fingerprint density at radius 2 is 1.80 bits per heavy atom. The van der Waals surface area contributed by atoms with E-state index in [0.29, 0.717) is 29.7 Å². The molecule has 5 rings (SSSR count). The lowest BCUT2D eigenvalue weighted by molar-refractivity contribution is -0.115. The molecule has 1 saturated heterocycles. The number of amides is 1. The Kier molecular flexibility index (Phi) is 7.41. The topological polar surface area (TPSA) is 38.8 Å². The number of rotatable bonds is 7. The Morgan fingerprint density at radius 3 is 2.60 bits per heavy atom. The molecule has 4 aromatic carbocycles. The van der Waals surface area contributed by atoms with Gasteiger partial charge in [-0.25, -0.2) is 0 Å². The molecule has 1 aliphatic rings. The third-order valence-corrected chi connectivity index (χ3v) is 8.11. The second-order valence-electron chi connectivity index (χ2n) is 8.09. The van der Waals surface area contributed by atoms with Crippen molar-refractivity contribution in [3.8, 4) is 11.5 Å². The molecule has 1 heterocycles. The van der Waals surface area contributed by atoms with E-state index < -0.39 is 0 Å². The van der Waals surface area contributed by atoms with Crippen molar-refractivity contribution in [1.29, 1.82) is 0 Å². The summed E-state index contributed by atoms with van der Waals surface area (Å²) in [7, 11) is 0. The molecule has 0 radical (unpaired) electrons. The van der Waals surface area contributed by atoms with Gasteiger partial charge in [-0.15, -0.1) is 11.8 Å². The lowest BCUT2D eigenvalue weighted by atomic mass is 10.1. The van der Waals surface area contributed by atoms with Gasteiger partial charge in [-0.3, -0.25) is 9.69 Å². The Morgan fingerprint density at radius 1 is 1.03 bits per heavy atom. The SMILES string of the molecule is CCOc1cc([C@@H]2SCC(=O)N2c2ccc(Cl)cc2)cc(I)c1OCc1cccc2ccccc12. The minimum Gasteiger partial charge on any atom is -0.490 e. The van der Waals surface area contributed by atoms with E-state index in [9.17, 15) is 4.79 Å². The number of carbonyl (C=O) groups excluding carboxylic acids is 1.